The Morgan fingerprint density at radius 3 is 1.93 bits per heavy atom. The SMILES string of the molecule is CC(=O)[C@@H](O)[C@H](O)[C@H](O)CO.CCCN. The maximum Gasteiger partial charge on any atom is 0.160 e. The van der Waals surface area contributed by atoms with Gasteiger partial charge in [-0.3, -0.25) is 4.79 Å². The van der Waals surface area contributed by atoms with Crippen LogP contribution in [0.5, 0.6) is 0 Å². The van der Waals surface area contributed by atoms with Crippen molar-refractivity contribution in [1.29, 1.82) is 0 Å². The van der Waals surface area contributed by atoms with Gasteiger partial charge in [-0.1, -0.05) is 6.92 Å². The molecule has 6 nitrogen and oxygen atoms in total. The van der Waals surface area contributed by atoms with E-state index in [4.69, 9.17) is 26.2 Å². The molecule has 0 bridgehead atoms. The molecule has 0 aromatic carbocycles. The summed E-state index contributed by atoms with van der Waals surface area (Å²) in [7, 11) is 0. The van der Waals surface area contributed by atoms with Crippen molar-refractivity contribution in [3.63, 3.8) is 0 Å². The number of aliphatic hydroxyl groups is 4. The van der Waals surface area contributed by atoms with Crippen LogP contribution in [-0.2, 0) is 4.79 Å². The van der Waals surface area contributed by atoms with Gasteiger partial charge in [-0.05, 0) is 19.9 Å². The molecule has 0 aliphatic rings. The molecular weight excluding hydrogens is 202 g/mol. The number of carbonyl (C=O) groups excluding carboxylic acids is 1. The molecule has 15 heavy (non-hydrogen) atoms. The monoisotopic (exact) mass is 223 g/mol. The van der Waals surface area contributed by atoms with E-state index in [0.717, 1.165) is 19.9 Å². The van der Waals surface area contributed by atoms with Gasteiger partial charge in [-0.15, -0.1) is 0 Å². The van der Waals surface area contributed by atoms with Crippen molar-refractivity contribution in [2.45, 2.75) is 38.6 Å². The molecule has 0 aliphatic carbocycles. The predicted molar refractivity (Wildman–Crippen MR) is 55.1 cm³/mol. The summed E-state index contributed by atoms with van der Waals surface area (Å²) in [6, 6.07) is 0. The normalized spacial score (nSPS) is 15.9. The molecule has 0 saturated carbocycles. The fraction of sp³-hybridized carbons (Fsp3) is 0.889. The molecule has 0 spiro atoms. The van der Waals surface area contributed by atoms with Crippen LogP contribution >= 0.6 is 0 Å². The van der Waals surface area contributed by atoms with Crippen LogP contribution in [-0.4, -0.2) is 57.7 Å². The molecule has 0 aromatic heterocycles. The minimum absolute atomic E-state index is 0.648. The minimum atomic E-state index is -1.63. The quantitative estimate of drug-likeness (QED) is 0.367. The molecule has 0 aliphatic heterocycles. The Kier molecular flexibility index (Phi) is 11.3. The van der Waals surface area contributed by atoms with Gasteiger partial charge in [-0.2, -0.15) is 0 Å². The smallest absolute Gasteiger partial charge is 0.160 e. The molecule has 6 heteroatoms. The number of rotatable bonds is 5. The first-order valence-corrected chi connectivity index (χ1v) is 4.77. The summed E-state index contributed by atoms with van der Waals surface area (Å²) in [5, 5.41) is 34.7. The number of nitrogens with two attached hydrogens (primary N) is 1. The number of hydrogen-bond acceptors (Lipinski definition) is 6. The zero-order valence-corrected chi connectivity index (χ0v) is 9.13. The second-order valence-corrected chi connectivity index (χ2v) is 3.08. The number of carbonyl (C=O) groups is 1. The first kappa shape index (κ1) is 16.9. The molecule has 0 saturated heterocycles. The second-order valence-electron chi connectivity index (χ2n) is 3.08. The maximum absolute atomic E-state index is 10.4. The standard InChI is InChI=1S/C6H12O5.C3H9N/c1-3(8)5(10)6(11)4(9)2-7;1-2-3-4/h4-7,9-11H,2H2,1H3;2-4H2,1H3/t4-,5-,6-;/m1./s1. The summed E-state index contributed by atoms with van der Waals surface area (Å²) in [6.07, 6.45) is -3.62. The molecule has 0 fully saturated rings. The first-order valence-electron chi connectivity index (χ1n) is 4.77. The summed E-state index contributed by atoms with van der Waals surface area (Å²) in [5.41, 5.74) is 5.03. The van der Waals surface area contributed by atoms with Gasteiger partial charge in [0.05, 0.1) is 6.61 Å². The second kappa shape index (κ2) is 10.0. The zero-order chi connectivity index (χ0) is 12.4. The average Bonchev–Trinajstić information content (AvgIpc) is 2.25. The van der Waals surface area contributed by atoms with E-state index in [1.165, 1.54) is 0 Å². The van der Waals surface area contributed by atoms with Gasteiger partial charge in [0.1, 0.15) is 18.3 Å². The number of aliphatic hydroxyl groups excluding tert-OH is 4. The van der Waals surface area contributed by atoms with E-state index in [-0.39, 0.29) is 0 Å². The lowest BCUT2D eigenvalue weighted by atomic mass is 10.1. The Balaban J connectivity index is 0. The molecule has 0 unspecified atom stereocenters. The molecule has 0 radical (unpaired) electrons. The Hall–Kier alpha value is -0.530. The van der Waals surface area contributed by atoms with Crippen LogP contribution < -0.4 is 5.73 Å². The fourth-order valence-corrected chi connectivity index (χ4v) is 0.559. The van der Waals surface area contributed by atoms with Crippen LogP contribution in [0.2, 0.25) is 0 Å². The Morgan fingerprint density at radius 2 is 1.73 bits per heavy atom. The van der Waals surface area contributed by atoms with E-state index in [1.807, 2.05) is 0 Å². The lowest BCUT2D eigenvalue weighted by Crippen LogP contribution is -2.42. The molecule has 92 valence electrons. The van der Waals surface area contributed by atoms with Gasteiger partial charge in [0.2, 0.25) is 0 Å². The third-order valence-electron chi connectivity index (χ3n) is 1.61. The Morgan fingerprint density at radius 1 is 1.33 bits per heavy atom. The van der Waals surface area contributed by atoms with Crippen molar-refractivity contribution in [2.24, 2.45) is 5.73 Å². The van der Waals surface area contributed by atoms with E-state index >= 15 is 0 Å². The molecule has 0 rings (SSSR count). The van der Waals surface area contributed by atoms with Crippen LogP contribution in [0.1, 0.15) is 20.3 Å². The fourth-order valence-electron chi connectivity index (χ4n) is 0.559. The lowest BCUT2D eigenvalue weighted by molar-refractivity contribution is -0.137. The van der Waals surface area contributed by atoms with Crippen LogP contribution in [0.4, 0.5) is 0 Å². The van der Waals surface area contributed by atoms with Gasteiger partial charge in [0.15, 0.2) is 5.78 Å². The Bertz CT molecular complexity index is 163. The van der Waals surface area contributed by atoms with Gasteiger partial charge in [-0.25, -0.2) is 0 Å². The summed E-state index contributed by atoms with van der Waals surface area (Å²) in [4.78, 5) is 10.4. The lowest BCUT2D eigenvalue weighted by Gasteiger charge is -2.18. The summed E-state index contributed by atoms with van der Waals surface area (Å²) in [6.45, 7) is 3.27. The largest absolute Gasteiger partial charge is 0.394 e. The molecule has 6 N–H and O–H groups in total. The van der Waals surface area contributed by atoms with E-state index in [0.29, 0.717) is 0 Å². The van der Waals surface area contributed by atoms with Crippen LogP contribution in [0.25, 0.3) is 0 Å². The molecule has 3 atom stereocenters. The molecular formula is C9H21NO5. The van der Waals surface area contributed by atoms with Gasteiger partial charge >= 0.3 is 0 Å². The van der Waals surface area contributed by atoms with Crippen molar-refractivity contribution >= 4 is 5.78 Å². The first-order chi connectivity index (χ1) is 6.92. The van der Waals surface area contributed by atoms with Crippen LogP contribution in [0, 0.1) is 0 Å². The Labute approximate surface area is 89.3 Å². The number of hydrogen-bond donors (Lipinski definition) is 5. The van der Waals surface area contributed by atoms with E-state index < -0.39 is 30.7 Å². The third kappa shape index (κ3) is 8.46. The van der Waals surface area contributed by atoms with E-state index in [1.54, 1.807) is 0 Å². The van der Waals surface area contributed by atoms with Gasteiger partial charge in [0, 0.05) is 0 Å². The average molecular weight is 223 g/mol. The predicted octanol–water partition coefficient (Wildman–Crippen LogP) is -1.99. The van der Waals surface area contributed by atoms with Crippen molar-refractivity contribution in [3.8, 4) is 0 Å². The van der Waals surface area contributed by atoms with E-state index in [2.05, 4.69) is 6.92 Å². The highest BCUT2D eigenvalue weighted by Crippen LogP contribution is 2.00. The van der Waals surface area contributed by atoms with Crippen molar-refractivity contribution in [3.05, 3.63) is 0 Å². The minimum Gasteiger partial charge on any atom is -0.394 e. The maximum atomic E-state index is 10.4. The third-order valence-corrected chi connectivity index (χ3v) is 1.61. The molecule has 0 aromatic rings. The molecule has 0 amide bonds. The molecule has 0 heterocycles. The highest BCUT2D eigenvalue weighted by Gasteiger charge is 2.26. The van der Waals surface area contributed by atoms with E-state index in [9.17, 15) is 4.79 Å². The summed E-state index contributed by atoms with van der Waals surface area (Å²) in [5.74, 6) is -0.648. The van der Waals surface area contributed by atoms with Crippen molar-refractivity contribution in [2.75, 3.05) is 13.2 Å². The van der Waals surface area contributed by atoms with Crippen LogP contribution in [0.3, 0.4) is 0 Å². The highest BCUT2D eigenvalue weighted by molar-refractivity contribution is 5.80. The summed E-state index contributed by atoms with van der Waals surface area (Å²) >= 11 is 0. The van der Waals surface area contributed by atoms with Gasteiger partial charge < -0.3 is 26.2 Å². The number of Topliss-reactive ketones (excluding diaryl/α,β-unsaturated/α-hetero) is 1. The van der Waals surface area contributed by atoms with Crippen molar-refractivity contribution < 1.29 is 25.2 Å². The summed E-state index contributed by atoms with van der Waals surface area (Å²) < 4.78 is 0. The van der Waals surface area contributed by atoms with Crippen LogP contribution in [0.15, 0.2) is 0 Å². The van der Waals surface area contributed by atoms with Crippen molar-refractivity contribution in [1.82, 2.24) is 0 Å². The topological polar surface area (TPSA) is 124 Å². The highest BCUT2D eigenvalue weighted by atomic mass is 16.4. The van der Waals surface area contributed by atoms with Gasteiger partial charge in [0.25, 0.3) is 0 Å². The zero-order valence-electron chi connectivity index (χ0n) is 9.13. The number of ketones is 1.